The van der Waals surface area contributed by atoms with Crippen LogP contribution in [0.1, 0.15) is 21.7 Å². The van der Waals surface area contributed by atoms with E-state index in [1.54, 1.807) is 20.9 Å². The second-order valence-electron chi connectivity index (χ2n) is 5.81. The number of benzene rings is 1. The van der Waals surface area contributed by atoms with Crippen molar-refractivity contribution in [2.24, 2.45) is 7.05 Å². The third-order valence-corrected chi connectivity index (χ3v) is 4.30. The number of halogens is 1. The van der Waals surface area contributed by atoms with E-state index in [1.165, 1.54) is 31.0 Å². The quantitative estimate of drug-likeness (QED) is 0.423. The number of rotatable bonds is 7. The van der Waals surface area contributed by atoms with Gasteiger partial charge in [-0.3, -0.25) is 14.3 Å². The Balaban J connectivity index is 2.04. The van der Waals surface area contributed by atoms with E-state index < -0.39 is 24.3 Å². The maximum Gasteiger partial charge on any atom is 0.380 e. The SMILES string of the molecule is COc1cc(NC(=O)COC(=O)C(=O)c2c(C)nn(C)c2C)c(OC)cc1Cl. The first-order valence-electron chi connectivity index (χ1n) is 8.12. The number of ether oxygens (including phenoxy) is 3. The zero-order chi connectivity index (χ0) is 21.0. The molecule has 0 bridgehead atoms. The molecule has 0 fully saturated rings. The predicted molar refractivity (Wildman–Crippen MR) is 101 cm³/mol. The monoisotopic (exact) mass is 409 g/mol. The number of amides is 1. The summed E-state index contributed by atoms with van der Waals surface area (Å²) in [6.07, 6.45) is 0. The molecule has 2 rings (SSSR count). The fraction of sp³-hybridized carbons (Fsp3) is 0.333. The van der Waals surface area contributed by atoms with Gasteiger partial charge in [0.1, 0.15) is 11.5 Å². The minimum absolute atomic E-state index is 0.164. The first kappa shape index (κ1) is 21.2. The van der Waals surface area contributed by atoms with Crippen LogP contribution in [-0.4, -0.2) is 48.3 Å². The summed E-state index contributed by atoms with van der Waals surface area (Å²) in [6.45, 7) is 2.62. The van der Waals surface area contributed by atoms with Crippen LogP contribution in [0.5, 0.6) is 11.5 Å². The molecule has 1 aromatic carbocycles. The van der Waals surface area contributed by atoms with Gasteiger partial charge in [-0.1, -0.05) is 11.6 Å². The summed E-state index contributed by atoms with van der Waals surface area (Å²) in [5.41, 5.74) is 1.37. The number of carbonyl (C=O) groups is 3. The third kappa shape index (κ3) is 4.42. The van der Waals surface area contributed by atoms with E-state index in [9.17, 15) is 14.4 Å². The molecule has 1 aromatic heterocycles. The molecule has 28 heavy (non-hydrogen) atoms. The minimum Gasteiger partial charge on any atom is -0.495 e. The highest BCUT2D eigenvalue weighted by Gasteiger charge is 2.26. The summed E-state index contributed by atoms with van der Waals surface area (Å²) >= 11 is 6.01. The lowest BCUT2D eigenvalue weighted by atomic mass is 10.1. The van der Waals surface area contributed by atoms with Crippen LogP contribution in [0.2, 0.25) is 5.02 Å². The van der Waals surface area contributed by atoms with E-state index >= 15 is 0 Å². The van der Waals surface area contributed by atoms with Crippen LogP contribution >= 0.6 is 11.6 Å². The number of esters is 1. The molecular formula is C18H20ClN3O6. The molecule has 1 amide bonds. The van der Waals surface area contributed by atoms with Crippen molar-refractivity contribution in [3.05, 3.63) is 34.1 Å². The zero-order valence-electron chi connectivity index (χ0n) is 16.1. The predicted octanol–water partition coefficient (Wildman–Crippen LogP) is 2.07. The zero-order valence-corrected chi connectivity index (χ0v) is 16.8. The number of aryl methyl sites for hydroxylation is 2. The van der Waals surface area contributed by atoms with Gasteiger partial charge in [0.25, 0.3) is 11.7 Å². The Labute approximate surface area is 166 Å². The smallest absolute Gasteiger partial charge is 0.380 e. The van der Waals surface area contributed by atoms with Gasteiger partial charge < -0.3 is 19.5 Å². The fourth-order valence-corrected chi connectivity index (χ4v) is 2.78. The Morgan fingerprint density at radius 1 is 1.14 bits per heavy atom. The number of carbonyl (C=O) groups excluding carboxylic acids is 3. The van der Waals surface area contributed by atoms with Crippen molar-refractivity contribution in [1.29, 1.82) is 0 Å². The molecule has 0 radical (unpaired) electrons. The second-order valence-corrected chi connectivity index (χ2v) is 6.22. The molecular weight excluding hydrogens is 390 g/mol. The Bertz CT molecular complexity index is 938. The van der Waals surface area contributed by atoms with Gasteiger partial charge in [0.05, 0.1) is 36.2 Å². The van der Waals surface area contributed by atoms with Crippen molar-refractivity contribution >= 4 is 34.9 Å². The number of hydrogen-bond acceptors (Lipinski definition) is 7. The molecule has 0 saturated heterocycles. The fourth-order valence-electron chi connectivity index (χ4n) is 2.55. The summed E-state index contributed by atoms with van der Waals surface area (Å²) in [4.78, 5) is 36.4. The van der Waals surface area contributed by atoms with E-state index in [-0.39, 0.29) is 11.3 Å². The van der Waals surface area contributed by atoms with Gasteiger partial charge in [0.15, 0.2) is 6.61 Å². The number of ketones is 1. The molecule has 150 valence electrons. The number of methoxy groups -OCH3 is 2. The third-order valence-electron chi connectivity index (χ3n) is 4.00. The molecule has 0 aliphatic rings. The number of nitrogens with one attached hydrogen (secondary N) is 1. The van der Waals surface area contributed by atoms with Gasteiger partial charge in [-0.25, -0.2) is 4.79 Å². The van der Waals surface area contributed by atoms with Crippen LogP contribution in [0, 0.1) is 13.8 Å². The van der Waals surface area contributed by atoms with E-state index in [0.29, 0.717) is 27.9 Å². The average molecular weight is 410 g/mol. The van der Waals surface area contributed by atoms with Crippen LogP contribution in [0.25, 0.3) is 0 Å². The van der Waals surface area contributed by atoms with E-state index in [4.69, 9.17) is 25.8 Å². The highest BCUT2D eigenvalue weighted by Crippen LogP contribution is 2.35. The van der Waals surface area contributed by atoms with Gasteiger partial charge in [0, 0.05) is 24.9 Å². The van der Waals surface area contributed by atoms with Crippen molar-refractivity contribution in [2.75, 3.05) is 26.1 Å². The van der Waals surface area contributed by atoms with Gasteiger partial charge in [0.2, 0.25) is 0 Å². The summed E-state index contributed by atoms with van der Waals surface area (Å²) in [5, 5.41) is 6.90. The Hall–Kier alpha value is -3.07. The van der Waals surface area contributed by atoms with E-state index in [0.717, 1.165) is 0 Å². The first-order valence-corrected chi connectivity index (χ1v) is 8.50. The van der Waals surface area contributed by atoms with Gasteiger partial charge in [-0.05, 0) is 13.8 Å². The van der Waals surface area contributed by atoms with Crippen LogP contribution in [0.4, 0.5) is 5.69 Å². The van der Waals surface area contributed by atoms with Crippen LogP contribution in [0.15, 0.2) is 12.1 Å². The van der Waals surface area contributed by atoms with Crippen molar-refractivity contribution in [1.82, 2.24) is 9.78 Å². The summed E-state index contributed by atoms with van der Waals surface area (Å²) in [7, 11) is 4.49. The molecule has 2 aromatic rings. The molecule has 0 aliphatic heterocycles. The number of nitrogens with zero attached hydrogens (tertiary/aromatic N) is 2. The second kappa shape index (κ2) is 8.75. The van der Waals surface area contributed by atoms with Gasteiger partial charge in [-0.15, -0.1) is 0 Å². The Morgan fingerprint density at radius 2 is 1.79 bits per heavy atom. The average Bonchev–Trinajstić information content (AvgIpc) is 2.91. The number of anilines is 1. The maximum absolute atomic E-state index is 12.3. The molecule has 0 aliphatic carbocycles. The molecule has 0 saturated carbocycles. The largest absolute Gasteiger partial charge is 0.495 e. The van der Waals surface area contributed by atoms with Crippen molar-refractivity contribution in [2.45, 2.75) is 13.8 Å². The molecule has 9 nitrogen and oxygen atoms in total. The summed E-state index contributed by atoms with van der Waals surface area (Å²) in [5.74, 6) is -2.05. The van der Waals surface area contributed by atoms with E-state index in [2.05, 4.69) is 10.4 Å². The molecule has 10 heteroatoms. The first-order chi connectivity index (χ1) is 13.2. The normalized spacial score (nSPS) is 10.4. The van der Waals surface area contributed by atoms with Crippen molar-refractivity contribution in [3.8, 4) is 11.5 Å². The molecule has 0 atom stereocenters. The Morgan fingerprint density at radius 3 is 2.32 bits per heavy atom. The van der Waals surface area contributed by atoms with Crippen LogP contribution < -0.4 is 14.8 Å². The number of hydrogen-bond donors (Lipinski definition) is 1. The van der Waals surface area contributed by atoms with Gasteiger partial charge >= 0.3 is 5.97 Å². The standard InChI is InChI=1S/C18H20ClN3O6/c1-9-16(10(2)22(3)21-9)17(24)18(25)28-8-15(23)20-12-7-13(26-4)11(19)6-14(12)27-5/h6-7H,8H2,1-5H3,(H,20,23). The minimum atomic E-state index is -1.14. The van der Waals surface area contributed by atoms with Crippen LogP contribution in [0.3, 0.4) is 0 Å². The van der Waals surface area contributed by atoms with Crippen LogP contribution in [-0.2, 0) is 21.4 Å². The highest BCUT2D eigenvalue weighted by atomic mass is 35.5. The Kier molecular flexibility index (Phi) is 6.63. The van der Waals surface area contributed by atoms with Crippen molar-refractivity contribution in [3.63, 3.8) is 0 Å². The highest BCUT2D eigenvalue weighted by molar-refractivity contribution is 6.41. The maximum atomic E-state index is 12.3. The summed E-state index contributed by atoms with van der Waals surface area (Å²) in [6, 6.07) is 2.94. The number of Topliss-reactive ketones (excluding diaryl/α,β-unsaturated/α-hetero) is 1. The van der Waals surface area contributed by atoms with Crippen molar-refractivity contribution < 1.29 is 28.6 Å². The van der Waals surface area contributed by atoms with Gasteiger partial charge in [-0.2, -0.15) is 5.10 Å². The molecule has 1 heterocycles. The summed E-state index contributed by atoms with van der Waals surface area (Å²) < 4.78 is 16.6. The lowest BCUT2D eigenvalue weighted by Crippen LogP contribution is -2.25. The van der Waals surface area contributed by atoms with E-state index in [1.807, 2.05) is 0 Å². The molecule has 0 unspecified atom stereocenters. The number of aromatic nitrogens is 2. The lowest BCUT2D eigenvalue weighted by molar-refractivity contribution is -0.142. The topological polar surface area (TPSA) is 109 Å². The molecule has 0 spiro atoms. The molecule has 1 N–H and O–H groups in total. The lowest BCUT2D eigenvalue weighted by Gasteiger charge is -2.13.